The van der Waals surface area contributed by atoms with Crippen molar-refractivity contribution in [1.29, 1.82) is 0 Å². The molecule has 20 heavy (non-hydrogen) atoms. The Morgan fingerprint density at radius 2 is 1.75 bits per heavy atom. The number of nitrogens with zero attached hydrogens (tertiary/aromatic N) is 1. The van der Waals surface area contributed by atoms with Crippen molar-refractivity contribution in [3.05, 3.63) is 48.3 Å². The van der Waals surface area contributed by atoms with Crippen molar-refractivity contribution in [2.45, 2.75) is 6.36 Å². The lowest BCUT2D eigenvalue weighted by atomic mass is 10.1. The fourth-order valence-corrected chi connectivity index (χ4v) is 1.58. The number of aromatic carboxylic acids is 1. The standard InChI is InChI=1S/C13H8F3NO3/c14-13(15,16)20-10-3-1-8(2-4-10)9-5-6-17-11(7-9)12(18)19/h1-7H,(H,18,19). The Kier molecular flexibility index (Phi) is 3.60. The van der Waals surface area contributed by atoms with Gasteiger partial charge in [0.15, 0.2) is 0 Å². The Bertz CT molecular complexity index is 624. The van der Waals surface area contributed by atoms with Crippen LogP contribution in [0.5, 0.6) is 5.75 Å². The fourth-order valence-electron chi connectivity index (χ4n) is 1.58. The Morgan fingerprint density at radius 1 is 1.10 bits per heavy atom. The summed E-state index contributed by atoms with van der Waals surface area (Å²) in [4.78, 5) is 14.4. The van der Waals surface area contributed by atoms with Gasteiger partial charge in [0, 0.05) is 6.20 Å². The molecule has 0 saturated heterocycles. The van der Waals surface area contributed by atoms with E-state index in [2.05, 4.69) is 9.72 Å². The highest BCUT2D eigenvalue weighted by atomic mass is 19.4. The smallest absolute Gasteiger partial charge is 0.477 e. The van der Waals surface area contributed by atoms with Crippen LogP contribution in [0.4, 0.5) is 13.2 Å². The minimum absolute atomic E-state index is 0.141. The molecule has 0 aliphatic rings. The molecule has 104 valence electrons. The van der Waals surface area contributed by atoms with Gasteiger partial charge in [0.2, 0.25) is 0 Å². The zero-order chi connectivity index (χ0) is 14.8. The molecule has 0 atom stereocenters. The molecule has 0 amide bonds. The first-order valence-electron chi connectivity index (χ1n) is 5.41. The number of halogens is 3. The van der Waals surface area contributed by atoms with E-state index in [-0.39, 0.29) is 11.4 Å². The SMILES string of the molecule is O=C(O)c1cc(-c2ccc(OC(F)(F)F)cc2)ccn1. The molecule has 0 aliphatic carbocycles. The van der Waals surface area contributed by atoms with Crippen LogP contribution in [0, 0.1) is 0 Å². The molecule has 0 radical (unpaired) electrons. The third kappa shape index (κ3) is 3.47. The summed E-state index contributed by atoms with van der Waals surface area (Å²) in [6.45, 7) is 0. The maximum Gasteiger partial charge on any atom is 0.573 e. The van der Waals surface area contributed by atoms with Crippen molar-refractivity contribution in [3.8, 4) is 16.9 Å². The van der Waals surface area contributed by atoms with E-state index in [0.29, 0.717) is 11.1 Å². The number of ether oxygens (including phenoxy) is 1. The van der Waals surface area contributed by atoms with Crippen LogP contribution in [0.15, 0.2) is 42.6 Å². The van der Waals surface area contributed by atoms with Gasteiger partial charge in [0.1, 0.15) is 11.4 Å². The number of benzene rings is 1. The molecule has 7 heteroatoms. The number of carboxylic acid groups (broad SMARTS) is 1. The summed E-state index contributed by atoms with van der Waals surface area (Å²) in [6.07, 6.45) is -3.42. The van der Waals surface area contributed by atoms with Crippen molar-refractivity contribution in [3.63, 3.8) is 0 Å². The van der Waals surface area contributed by atoms with Crippen LogP contribution in [0.3, 0.4) is 0 Å². The number of alkyl halides is 3. The van der Waals surface area contributed by atoms with Crippen molar-refractivity contribution in [2.24, 2.45) is 0 Å². The Morgan fingerprint density at radius 3 is 2.30 bits per heavy atom. The third-order valence-corrected chi connectivity index (χ3v) is 2.40. The molecule has 0 spiro atoms. The second-order valence-corrected chi connectivity index (χ2v) is 3.81. The van der Waals surface area contributed by atoms with Gasteiger partial charge in [-0.05, 0) is 35.4 Å². The predicted molar refractivity (Wildman–Crippen MR) is 63.3 cm³/mol. The quantitative estimate of drug-likeness (QED) is 0.938. The van der Waals surface area contributed by atoms with Gasteiger partial charge in [0.25, 0.3) is 0 Å². The molecule has 1 heterocycles. The molecule has 0 bridgehead atoms. The highest BCUT2D eigenvalue weighted by molar-refractivity contribution is 5.87. The summed E-state index contributed by atoms with van der Waals surface area (Å²) in [6, 6.07) is 8.02. The highest BCUT2D eigenvalue weighted by Crippen LogP contribution is 2.26. The first-order valence-corrected chi connectivity index (χ1v) is 5.41. The number of hydrogen-bond acceptors (Lipinski definition) is 3. The number of carbonyl (C=O) groups is 1. The van der Waals surface area contributed by atoms with Crippen LogP contribution < -0.4 is 4.74 Å². The van der Waals surface area contributed by atoms with E-state index in [1.54, 1.807) is 6.07 Å². The molecule has 0 fully saturated rings. The number of hydrogen-bond donors (Lipinski definition) is 1. The summed E-state index contributed by atoms with van der Waals surface area (Å²) in [5.41, 5.74) is 0.957. The number of pyridine rings is 1. The van der Waals surface area contributed by atoms with Crippen LogP contribution in [0.1, 0.15) is 10.5 Å². The third-order valence-electron chi connectivity index (χ3n) is 2.40. The second-order valence-electron chi connectivity index (χ2n) is 3.81. The second kappa shape index (κ2) is 5.20. The van der Waals surface area contributed by atoms with Crippen molar-refractivity contribution >= 4 is 5.97 Å². The Hall–Kier alpha value is -2.57. The van der Waals surface area contributed by atoms with E-state index in [1.165, 1.54) is 24.4 Å². The van der Waals surface area contributed by atoms with E-state index >= 15 is 0 Å². The molecular formula is C13H8F3NO3. The van der Waals surface area contributed by atoms with E-state index < -0.39 is 12.3 Å². The molecule has 4 nitrogen and oxygen atoms in total. The molecular weight excluding hydrogens is 275 g/mol. The summed E-state index contributed by atoms with van der Waals surface area (Å²) in [7, 11) is 0. The number of aromatic nitrogens is 1. The normalized spacial score (nSPS) is 11.2. The van der Waals surface area contributed by atoms with Crippen LogP contribution >= 0.6 is 0 Å². The maximum atomic E-state index is 12.0. The minimum Gasteiger partial charge on any atom is -0.477 e. The van der Waals surface area contributed by atoms with Gasteiger partial charge < -0.3 is 9.84 Å². The van der Waals surface area contributed by atoms with Crippen LogP contribution in [0.25, 0.3) is 11.1 Å². The summed E-state index contributed by atoms with van der Waals surface area (Å²) in [5.74, 6) is -1.52. The maximum absolute atomic E-state index is 12.0. The summed E-state index contributed by atoms with van der Waals surface area (Å²) in [5, 5.41) is 8.82. The first-order chi connectivity index (χ1) is 9.35. The van der Waals surface area contributed by atoms with Gasteiger partial charge in [-0.2, -0.15) is 0 Å². The number of carboxylic acids is 1. The van der Waals surface area contributed by atoms with Gasteiger partial charge in [-0.15, -0.1) is 13.2 Å². The van der Waals surface area contributed by atoms with Crippen LogP contribution in [-0.2, 0) is 0 Å². The van der Waals surface area contributed by atoms with Crippen LogP contribution in [0.2, 0.25) is 0 Å². The molecule has 2 rings (SSSR count). The van der Waals surface area contributed by atoms with Gasteiger partial charge in [0.05, 0.1) is 0 Å². The van der Waals surface area contributed by atoms with Crippen molar-refractivity contribution in [1.82, 2.24) is 4.98 Å². The molecule has 1 aromatic heterocycles. The average molecular weight is 283 g/mol. The average Bonchev–Trinajstić information content (AvgIpc) is 2.38. The van der Waals surface area contributed by atoms with Gasteiger partial charge in [-0.1, -0.05) is 12.1 Å². The molecule has 1 aromatic carbocycles. The van der Waals surface area contributed by atoms with E-state index in [1.807, 2.05) is 0 Å². The lowest BCUT2D eigenvalue weighted by Crippen LogP contribution is -2.16. The zero-order valence-corrected chi connectivity index (χ0v) is 9.89. The van der Waals surface area contributed by atoms with Gasteiger partial charge in [-0.3, -0.25) is 0 Å². The summed E-state index contributed by atoms with van der Waals surface area (Å²) >= 11 is 0. The monoisotopic (exact) mass is 283 g/mol. The zero-order valence-electron chi connectivity index (χ0n) is 9.89. The molecule has 0 unspecified atom stereocenters. The molecule has 1 N–H and O–H groups in total. The lowest BCUT2D eigenvalue weighted by Gasteiger charge is -2.09. The van der Waals surface area contributed by atoms with Crippen LogP contribution in [-0.4, -0.2) is 22.4 Å². The highest BCUT2D eigenvalue weighted by Gasteiger charge is 2.30. The molecule has 2 aromatic rings. The molecule has 0 saturated carbocycles. The Balaban J connectivity index is 2.26. The number of rotatable bonds is 3. The van der Waals surface area contributed by atoms with E-state index in [4.69, 9.17) is 5.11 Å². The topological polar surface area (TPSA) is 59.4 Å². The predicted octanol–water partition coefficient (Wildman–Crippen LogP) is 3.35. The fraction of sp³-hybridized carbons (Fsp3) is 0.0769. The van der Waals surface area contributed by atoms with Gasteiger partial charge >= 0.3 is 12.3 Å². The van der Waals surface area contributed by atoms with Crippen molar-refractivity contribution in [2.75, 3.05) is 0 Å². The molecule has 0 aliphatic heterocycles. The van der Waals surface area contributed by atoms with E-state index in [0.717, 1.165) is 12.1 Å². The van der Waals surface area contributed by atoms with Gasteiger partial charge in [-0.25, -0.2) is 9.78 Å². The minimum atomic E-state index is -4.74. The Labute approximate surface area is 111 Å². The largest absolute Gasteiger partial charge is 0.573 e. The first kappa shape index (κ1) is 13.9. The summed E-state index contributed by atoms with van der Waals surface area (Å²) < 4.78 is 39.8. The van der Waals surface area contributed by atoms with Crippen molar-refractivity contribution < 1.29 is 27.8 Å². The van der Waals surface area contributed by atoms with E-state index in [9.17, 15) is 18.0 Å². The lowest BCUT2D eigenvalue weighted by molar-refractivity contribution is -0.274.